The summed E-state index contributed by atoms with van der Waals surface area (Å²) in [6, 6.07) is 11.1. The minimum Gasteiger partial charge on any atom is -0.321 e. The number of hydrogen-bond acceptors (Lipinski definition) is 1. The monoisotopic (exact) mass is 385 g/mol. The van der Waals surface area contributed by atoms with E-state index in [0.717, 1.165) is 20.4 Å². The van der Waals surface area contributed by atoms with Gasteiger partial charge in [-0.25, -0.2) is 0 Å². The van der Waals surface area contributed by atoms with Crippen molar-refractivity contribution in [3.63, 3.8) is 0 Å². The molecule has 2 aromatic rings. The van der Waals surface area contributed by atoms with E-state index in [1.807, 2.05) is 44.2 Å². The highest BCUT2D eigenvalue weighted by Gasteiger charge is 2.11. The van der Waals surface area contributed by atoms with Crippen LogP contribution in [0, 0.1) is 17.4 Å². The number of rotatable bonds is 2. The zero-order chi connectivity index (χ0) is 14.0. The van der Waals surface area contributed by atoms with Gasteiger partial charge in [0.25, 0.3) is 5.91 Å². The van der Waals surface area contributed by atoms with Crippen molar-refractivity contribution in [2.75, 3.05) is 5.32 Å². The number of nitrogens with one attached hydrogen (secondary N) is 1. The number of halogens is 2. The SMILES string of the molecule is Cc1cccc(C(=O)Nc2ccc(Cl)cc2I)c1C. The second-order valence-corrected chi connectivity index (χ2v) is 5.92. The second-order valence-electron chi connectivity index (χ2n) is 4.33. The molecule has 0 bridgehead atoms. The van der Waals surface area contributed by atoms with Crippen molar-refractivity contribution in [3.05, 3.63) is 61.7 Å². The van der Waals surface area contributed by atoms with Gasteiger partial charge in [0.2, 0.25) is 0 Å². The number of carbonyl (C=O) groups is 1. The summed E-state index contributed by atoms with van der Waals surface area (Å²) in [6.45, 7) is 3.95. The van der Waals surface area contributed by atoms with E-state index >= 15 is 0 Å². The van der Waals surface area contributed by atoms with Gasteiger partial charge < -0.3 is 5.32 Å². The Hall–Kier alpha value is -1.07. The first-order valence-electron chi connectivity index (χ1n) is 5.81. The summed E-state index contributed by atoms with van der Waals surface area (Å²) < 4.78 is 0.920. The first-order valence-corrected chi connectivity index (χ1v) is 7.27. The van der Waals surface area contributed by atoms with Gasteiger partial charge in [0.05, 0.1) is 5.69 Å². The molecule has 0 aliphatic rings. The van der Waals surface area contributed by atoms with Crippen molar-refractivity contribution in [1.82, 2.24) is 0 Å². The third kappa shape index (κ3) is 3.28. The van der Waals surface area contributed by atoms with E-state index in [4.69, 9.17) is 11.6 Å². The molecule has 0 aliphatic heterocycles. The van der Waals surface area contributed by atoms with Crippen LogP contribution in [-0.4, -0.2) is 5.91 Å². The summed E-state index contributed by atoms with van der Waals surface area (Å²) in [5, 5.41) is 3.58. The molecule has 0 fully saturated rings. The van der Waals surface area contributed by atoms with Crippen molar-refractivity contribution >= 4 is 45.8 Å². The van der Waals surface area contributed by atoms with E-state index in [0.29, 0.717) is 10.6 Å². The maximum absolute atomic E-state index is 12.3. The Bertz CT molecular complexity index is 640. The number of anilines is 1. The standard InChI is InChI=1S/C15H13ClINO/c1-9-4-3-5-12(10(9)2)15(19)18-14-7-6-11(16)8-13(14)17/h3-8H,1-2H3,(H,18,19). The molecule has 0 radical (unpaired) electrons. The van der Waals surface area contributed by atoms with Gasteiger partial charge >= 0.3 is 0 Å². The lowest BCUT2D eigenvalue weighted by Crippen LogP contribution is -2.14. The van der Waals surface area contributed by atoms with E-state index in [1.54, 1.807) is 6.07 Å². The lowest BCUT2D eigenvalue weighted by Gasteiger charge is -2.11. The van der Waals surface area contributed by atoms with E-state index in [-0.39, 0.29) is 5.91 Å². The van der Waals surface area contributed by atoms with Crippen LogP contribution < -0.4 is 5.32 Å². The molecule has 1 N–H and O–H groups in total. The molecule has 0 saturated heterocycles. The van der Waals surface area contributed by atoms with Crippen LogP contribution in [0.1, 0.15) is 21.5 Å². The molecule has 4 heteroatoms. The zero-order valence-electron chi connectivity index (χ0n) is 10.6. The van der Waals surface area contributed by atoms with Gasteiger partial charge in [-0.05, 0) is 71.8 Å². The lowest BCUT2D eigenvalue weighted by molar-refractivity contribution is 0.102. The van der Waals surface area contributed by atoms with Crippen molar-refractivity contribution in [3.8, 4) is 0 Å². The van der Waals surface area contributed by atoms with Crippen LogP contribution in [0.15, 0.2) is 36.4 Å². The van der Waals surface area contributed by atoms with Crippen molar-refractivity contribution in [1.29, 1.82) is 0 Å². The van der Waals surface area contributed by atoms with Crippen LogP contribution in [0.3, 0.4) is 0 Å². The van der Waals surface area contributed by atoms with Gasteiger partial charge in [0, 0.05) is 14.2 Å². The Labute approximate surface area is 131 Å². The summed E-state index contributed by atoms with van der Waals surface area (Å²) in [5.74, 6) is -0.0959. The van der Waals surface area contributed by atoms with Gasteiger partial charge in [-0.1, -0.05) is 23.7 Å². The first kappa shape index (κ1) is 14.3. The lowest BCUT2D eigenvalue weighted by atomic mass is 10.0. The van der Waals surface area contributed by atoms with Gasteiger partial charge in [0.1, 0.15) is 0 Å². The van der Waals surface area contributed by atoms with Crippen LogP contribution in [-0.2, 0) is 0 Å². The minimum atomic E-state index is -0.0959. The van der Waals surface area contributed by atoms with Crippen LogP contribution in [0.4, 0.5) is 5.69 Å². The predicted molar refractivity (Wildman–Crippen MR) is 88.0 cm³/mol. The van der Waals surface area contributed by atoms with Crippen LogP contribution in [0.2, 0.25) is 5.02 Å². The molecule has 0 unspecified atom stereocenters. The predicted octanol–water partition coefficient (Wildman–Crippen LogP) is 4.81. The number of hydrogen-bond donors (Lipinski definition) is 1. The molecule has 0 aliphatic carbocycles. The maximum Gasteiger partial charge on any atom is 0.255 e. The molecule has 2 aromatic carbocycles. The highest BCUT2D eigenvalue weighted by Crippen LogP contribution is 2.23. The Morgan fingerprint density at radius 1 is 1.21 bits per heavy atom. The topological polar surface area (TPSA) is 29.1 Å². The third-order valence-corrected chi connectivity index (χ3v) is 4.16. The molecule has 0 aromatic heterocycles. The molecule has 19 heavy (non-hydrogen) atoms. The van der Waals surface area contributed by atoms with E-state index < -0.39 is 0 Å². The minimum absolute atomic E-state index is 0.0959. The number of aryl methyl sites for hydroxylation is 1. The average Bonchev–Trinajstić information content (AvgIpc) is 2.36. The van der Waals surface area contributed by atoms with Crippen molar-refractivity contribution in [2.24, 2.45) is 0 Å². The van der Waals surface area contributed by atoms with Gasteiger partial charge in [-0.15, -0.1) is 0 Å². The summed E-state index contributed by atoms with van der Waals surface area (Å²) >= 11 is 8.05. The summed E-state index contributed by atoms with van der Waals surface area (Å²) in [6.07, 6.45) is 0. The molecule has 0 atom stereocenters. The molecule has 0 saturated carbocycles. The molecule has 2 nitrogen and oxygen atoms in total. The second kappa shape index (κ2) is 5.92. The number of amides is 1. The molecule has 0 spiro atoms. The van der Waals surface area contributed by atoms with Crippen LogP contribution >= 0.6 is 34.2 Å². The Kier molecular flexibility index (Phi) is 4.47. The molecule has 2 rings (SSSR count). The molecule has 1 amide bonds. The zero-order valence-corrected chi connectivity index (χ0v) is 13.5. The largest absolute Gasteiger partial charge is 0.321 e. The highest BCUT2D eigenvalue weighted by atomic mass is 127. The number of benzene rings is 2. The molecule has 98 valence electrons. The smallest absolute Gasteiger partial charge is 0.255 e. The Balaban J connectivity index is 2.28. The van der Waals surface area contributed by atoms with Gasteiger partial charge in [0.15, 0.2) is 0 Å². The van der Waals surface area contributed by atoms with Crippen molar-refractivity contribution in [2.45, 2.75) is 13.8 Å². The molecular weight excluding hydrogens is 373 g/mol. The fourth-order valence-electron chi connectivity index (χ4n) is 1.78. The maximum atomic E-state index is 12.3. The van der Waals surface area contributed by atoms with E-state index in [1.165, 1.54) is 0 Å². The summed E-state index contributed by atoms with van der Waals surface area (Å²) in [7, 11) is 0. The first-order chi connectivity index (χ1) is 8.99. The highest BCUT2D eigenvalue weighted by molar-refractivity contribution is 14.1. The fourth-order valence-corrected chi connectivity index (χ4v) is 2.78. The quantitative estimate of drug-likeness (QED) is 0.738. The fraction of sp³-hybridized carbons (Fsp3) is 0.133. The Morgan fingerprint density at radius 2 is 1.95 bits per heavy atom. The van der Waals surface area contributed by atoms with E-state index in [9.17, 15) is 4.79 Å². The number of carbonyl (C=O) groups excluding carboxylic acids is 1. The summed E-state index contributed by atoms with van der Waals surface area (Å²) in [5.41, 5.74) is 3.59. The normalized spacial score (nSPS) is 10.3. The Morgan fingerprint density at radius 3 is 2.63 bits per heavy atom. The average molecular weight is 386 g/mol. The van der Waals surface area contributed by atoms with Crippen molar-refractivity contribution < 1.29 is 4.79 Å². The molecular formula is C15H13ClINO. The third-order valence-electron chi connectivity index (χ3n) is 3.03. The van der Waals surface area contributed by atoms with E-state index in [2.05, 4.69) is 27.9 Å². The van der Waals surface area contributed by atoms with Crippen LogP contribution in [0.5, 0.6) is 0 Å². The summed E-state index contributed by atoms with van der Waals surface area (Å²) in [4.78, 5) is 12.3. The van der Waals surface area contributed by atoms with Gasteiger partial charge in [-0.2, -0.15) is 0 Å². The van der Waals surface area contributed by atoms with Gasteiger partial charge in [-0.3, -0.25) is 4.79 Å². The molecule has 0 heterocycles. The van der Waals surface area contributed by atoms with Crippen LogP contribution in [0.25, 0.3) is 0 Å².